The summed E-state index contributed by atoms with van der Waals surface area (Å²) in [7, 11) is 1.66. The van der Waals surface area contributed by atoms with Crippen molar-refractivity contribution in [2.45, 2.75) is 75.0 Å². The highest BCUT2D eigenvalue weighted by molar-refractivity contribution is 6.68. The number of aryl methyl sites for hydroxylation is 2. The van der Waals surface area contributed by atoms with Crippen molar-refractivity contribution in [2.24, 2.45) is 0 Å². The molecule has 0 radical (unpaired) electrons. The summed E-state index contributed by atoms with van der Waals surface area (Å²) in [6.45, 7) is 10.7. The van der Waals surface area contributed by atoms with Crippen molar-refractivity contribution in [1.82, 2.24) is 15.1 Å². The minimum atomic E-state index is -1.87. The Kier molecular flexibility index (Phi) is 11.8. The predicted octanol–water partition coefficient (Wildman–Crippen LogP) is 7.51. The number of aliphatic hydroxyl groups excluding tert-OH is 1. The first-order chi connectivity index (χ1) is 23.6. The number of carbonyl (C=O) groups is 2. The molecule has 5 rings (SSSR count). The molecule has 2 amide bonds. The van der Waals surface area contributed by atoms with Crippen LogP contribution in [0.1, 0.15) is 59.8 Å². The number of hydrogen-bond acceptors (Lipinski definition) is 6. The van der Waals surface area contributed by atoms with Gasteiger partial charge < -0.3 is 24.8 Å². The van der Waals surface area contributed by atoms with E-state index in [9.17, 15) is 14.7 Å². The van der Waals surface area contributed by atoms with Crippen LogP contribution in [0.25, 0.3) is 5.57 Å². The summed E-state index contributed by atoms with van der Waals surface area (Å²) in [5.41, 5.74) is 6.04. The number of nitrogens with one attached hydrogen (secondary N) is 1. The maximum absolute atomic E-state index is 14.5. The van der Waals surface area contributed by atoms with E-state index in [0.29, 0.717) is 43.7 Å². The highest BCUT2D eigenvalue weighted by Crippen LogP contribution is 2.43. The van der Waals surface area contributed by atoms with E-state index in [1.165, 1.54) is 24.3 Å². The Bertz CT molecular complexity index is 1720. The molecule has 0 spiro atoms. The number of carbonyl (C=O) groups excluding carboxylic acids is 2. The second-order valence-corrected chi connectivity index (χ2v) is 16.0. The Morgan fingerprint density at radius 1 is 0.980 bits per heavy atom. The molecule has 11 heteroatoms. The van der Waals surface area contributed by atoms with Gasteiger partial charge in [0.25, 0.3) is 5.91 Å². The molecule has 2 N–H and O–H groups in total. The molecule has 2 bridgehead atoms. The maximum Gasteiger partial charge on any atom is 0.411 e. The molecule has 1 saturated heterocycles. The first-order valence-electron chi connectivity index (χ1n) is 16.9. The number of benzene rings is 3. The van der Waals surface area contributed by atoms with E-state index in [0.717, 1.165) is 33.6 Å². The lowest BCUT2D eigenvalue weighted by Crippen LogP contribution is -2.64. The SMILES string of the molecule is Cc1ccc(C)c(OCCc2ccc(C3=C(C(=O)N(C)C[C@@H](O)c4ccccc4)C4CNCC(C3)N4C(=O)OC(C)(C)C(Cl)(Cl)Cl)cc2)c1C. The van der Waals surface area contributed by atoms with Crippen LogP contribution in [-0.4, -0.2) is 81.7 Å². The summed E-state index contributed by atoms with van der Waals surface area (Å²) >= 11 is 18.5. The number of hydrogen-bond donors (Lipinski definition) is 2. The summed E-state index contributed by atoms with van der Waals surface area (Å²) < 4.78 is 10.1. The quantitative estimate of drug-likeness (QED) is 0.209. The second kappa shape index (κ2) is 15.5. The number of amides is 2. The summed E-state index contributed by atoms with van der Waals surface area (Å²) in [4.78, 5) is 31.4. The molecule has 2 heterocycles. The van der Waals surface area contributed by atoms with Crippen molar-refractivity contribution in [1.29, 1.82) is 0 Å². The maximum atomic E-state index is 14.5. The number of ether oxygens (including phenoxy) is 2. The van der Waals surface area contributed by atoms with Crippen LogP contribution in [0, 0.1) is 20.8 Å². The fourth-order valence-corrected chi connectivity index (χ4v) is 6.68. The zero-order valence-electron chi connectivity index (χ0n) is 29.4. The lowest BCUT2D eigenvalue weighted by atomic mass is 9.81. The molecular formula is C39H46Cl3N3O5. The molecule has 2 aliphatic rings. The van der Waals surface area contributed by atoms with Gasteiger partial charge in [0.15, 0.2) is 5.60 Å². The van der Waals surface area contributed by atoms with Crippen molar-refractivity contribution >= 4 is 52.4 Å². The molecule has 0 saturated carbocycles. The molecule has 268 valence electrons. The number of alkyl halides is 3. The van der Waals surface area contributed by atoms with Gasteiger partial charge in [-0.3, -0.25) is 9.69 Å². The molecule has 0 aliphatic carbocycles. The number of piperazine rings is 1. The lowest BCUT2D eigenvalue weighted by Gasteiger charge is -2.48. The fourth-order valence-electron chi connectivity index (χ4n) is 6.57. The number of halogens is 3. The molecule has 0 aromatic heterocycles. The number of likely N-dealkylation sites (N-methyl/N-ethyl adjacent to an activating group) is 1. The van der Waals surface area contributed by atoms with Crippen LogP contribution >= 0.6 is 34.8 Å². The molecule has 50 heavy (non-hydrogen) atoms. The topological polar surface area (TPSA) is 91.3 Å². The average Bonchev–Trinajstić information content (AvgIpc) is 3.07. The summed E-state index contributed by atoms with van der Waals surface area (Å²) in [6.07, 6.45) is -0.443. The summed E-state index contributed by atoms with van der Waals surface area (Å²) in [5, 5.41) is 14.4. The van der Waals surface area contributed by atoms with Gasteiger partial charge in [-0.25, -0.2) is 4.79 Å². The van der Waals surface area contributed by atoms with E-state index in [1.807, 2.05) is 42.5 Å². The zero-order valence-corrected chi connectivity index (χ0v) is 31.7. The first kappa shape index (κ1) is 38.0. The third-order valence-electron chi connectivity index (χ3n) is 9.80. The smallest absolute Gasteiger partial charge is 0.411 e. The number of rotatable bonds is 10. The third kappa shape index (κ3) is 8.27. The van der Waals surface area contributed by atoms with Gasteiger partial charge in [-0.2, -0.15) is 0 Å². The summed E-state index contributed by atoms with van der Waals surface area (Å²) in [6, 6.07) is 20.6. The van der Waals surface area contributed by atoms with Gasteiger partial charge in [-0.05, 0) is 80.0 Å². The average molecular weight is 743 g/mol. The monoisotopic (exact) mass is 741 g/mol. The van der Waals surface area contributed by atoms with Crippen molar-refractivity contribution < 1.29 is 24.2 Å². The molecule has 3 aromatic carbocycles. The Balaban J connectivity index is 1.44. The van der Waals surface area contributed by atoms with Gasteiger partial charge in [-0.1, -0.05) is 102 Å². The van der Waals surface area contributed by atoms with Crippen LogP contribution < -0.4 is 10.1 Å². The van der Waals surface area contributed by atoms with Gasteiger partial charge >= 0.3 is 6.09 Å². The van der Waals surface area contributed by atoms with Crippen LogP contribution in [0.3, 0.4) is 0 Å². The van der Waals surface area contributed by atoms with E-state index in [4.69, 9.17) is 44.3 Å². The fraction of sp³-hybridized carbons (Fsp3) is 0.436. The van der Waals surface area contributed by atoms with E-state index >= 15 is 0 Å². The van der Waals surface area contributed by atoms with Crippen LogP contribution in [0.15, 0.2) is 72.3 Å². The predicted molar refractivity (Wildman–Crippen MR) is 200 cm³/mol. The van der Waals surface area contributed by atoms with E-state index in [-0.39, 0.29) is 18.5 Å². The Labute approximate surface area is 310 Å². The van der Waals surface area contributed by atoms with Crippen molar-refractivity contribution in [3.05, 3.63) is 106 Å². The van der Waals surface area contributed by atoms with E-state index < -0.39 is 27.6 Å². The summed E-state index contributed by atoms with van der Waals surface area (Å²) in [5.74, 6) is 0.640. The molecule has 8 nitrogen and oxygen atoms in total. The van der Waals surface area contributed by atoms with Crippen LogP contribution in [-0.2, 0) is 16.0 Å². The second-order valence-electron chi connectivity index (χ2n) is 13.8. The van der Waals surface area contributed by atoms with Crippen LogP contribution in [0.5, 0.6) is 5.75 Å². The Hall–Kier alpha value is -3.27. The van der Waals surface area contributed by atoms with Gasteiger partial charge in [-0.15, -0.1) is 0 Å². The molecule has 3 aromatic rings. The minimum Gasteiger partial charge on any atom is -0.493 e. The highest BCUT2D eigenvalue weighted by Gasteiger charge is 2.50. The molecule has 3 atom stereocenters. The molecular weight excluding hydrogens is 697 g/mol. The van der Waals surface area contributed by atoms with Gasteiger partial charge in [0.05, 0.1) is 31.3 Å². The number of fused-ring (bicyclic) bond motifs is 2. The van der Waals surface area contributed by atoms with Gasteiger partial charge in [0.1, 0.15) is 5.75 Å². The molecule has 2 unspecified atom stereocenters. The van der Waals surface area contributed by atoms with Crippen molar-refractivity contribution in [2.75, 3.05) is 33.3 Å². The van der Waals surface area contributed by atoms with Crippen molar-refractivity contribution in [3.63, 3.8) is 0 Å². The van der Waals surface area contributed by atoms with E-state index in [1.54, 1.807) is 11.9 Å². The number of aliphatic hydroxyl groups is 1. The number of nitrogens with zero attached hydrogens (tertiary/aromatic N) is 2. The van der Waals surface area contributed by atoms with Crippen LogP contribution in [0.2, 0.25) is 0 Å². The zero-order chi connectivity index (χ0) is 36.4. The van der Waals surface area contributed by atoms with Crippen molar-refractivity contribution in [3.8, 4) is 5.75 Å². The Morgan fingerprint density at radius 2 is 1.64 bits per heavy atom. The first-order valence-corrected chi connectivity index (χ1v) is 18.0. The lowest BCUT2D eigenvalue weighted by molar-refractivity contribution is -0.128. The highest BCUT2D eigenvalue weighted by atomic mass is 35.6. The van der Waals surface area contributed by atoms with Crippen LogP contribution in [0.4, 0.5) is 4.79 Å². The molecule has 1 fully saturated rings. The largest absolute Gasteiger partial charge is 0.493 e. The standard InChI is InChI=1S/C39H46Cl3N3O5/c1-24-12-13-25(2)35(26(24)3)49-19-18-27-14-16-28(17-15-27)31-20-30-21-43-22-32(45(30)37(48)50-38(4,5)39(40,41)42)34(31)36(47)44(6)23-33(46)29-10-8-7-9-11-29/h7-17,30,32-33,43,46H,18-23H2,1-6H3/t30?,32?,33-/m1/s1. The third-order valence-corrected chi connectivity index (χ3v) is 11.2. The normalized spacial score (nSPS) is 18.5. The minimum absolute atomic E-state index is 0.0623. The van der Waals surface area contributed by atoms with Gasteiger partial charge in [0.2, 0.25) is 3.79 Å². The Morgan fingerprint density at radius 3 is 2.30 bits per heavy atom. The molecule has 2 aliphatic heterocycles. The van der Waals surface area contributed by atoms with Gasteiger partial charge in [0, 0.05) is 32.1 Å². The van der Waals surface area contributed by atoms with E-state index in [2.05, 4.69) is 50.4 Å².